The first kappa shape index (κ1) is 10.3. The zero-order chi connectivity index (χ0) is 10.8. The van der Waals surface area contributed by atoms with E-state index < -0.39 is 0 Å². The molecule has 0 aliphatic rings. The topological polar surface area (TPSA) is 43.6 Å². The van der Waals surface area contributed by atoms with Gasteiger partial charge in [-0.3, -0.25) is 4.68 Å². The van der Waals surface area contributed by atoms with Crippen molar-refractivity contribution < 1.29 is 0 Å². The van der Waals surface area contributed by atoms with Gasteiger partial charge in [-0.1, -0.05) is 6.92 Å². The van der Waals surface area contributed by atoms with Crippen molar-refractivity contribution in [2.24, 2.45) is 7.05 Å². The number of hydrogen-bond donors (Lipinski definition) is 0. The summed E-state index contributed by atoms with van der Waals surface area (Å²) >= 11 is 3.37. The Morgan fingerprint density at radius 1 is 1.33 bits per heavy atom. The van der Waals surface area contributed by atoms with Crippen molar-refractivity contribution >= 4 is 15.9 Å². The van der Waals surface area contributed by atoms with Gasteiger partial charge in [0.15, 0.2) is 0 Å². The molecule has 0 atom stereocenters. The van der Waals surface area contributed by atoms with E-state index in [1.807, 2.05) is 32.3 Å². The standard InChI is InChI=1S/C10H11BrN4/c1-3-10-12-8(6-9(11)13-10)7-4-5-15(2)14-7/h4-6H,3H2,1-2H3. The van der Waals surface area contributed by atoms with Crippen LogP contribution in [0.1, 0.15) is 12.7 Å². The fourth-order valence-corrected chi connectivity index (χ4v) is 1.73. The molecular formula is C10H11BrN4. The summed E-state index contributed by atoms with van der Waals surface area (Å²) in [6.07, 6.45) is 2.72. The lowest BCUT2D eigenvalue weighted by atomic mass is 10.3. The summed E-state index contributed by atoms with van der Waals surface area (Å²) in [5.74, 6) is 0.824. The highest BCUT2D eigenvalue weighted by Crippen LogP contribution is 2.18. The highest BCUT2D eigenvalue weighted by atomic mass is 79.9. The van der Waals surface area contributed by atoms with Gasteiger partial charge in [-0.25, -0.2) is 9.97 Å². The molecule has 0 N–H and O–H groups in total. The lowest BCUT2D eigenvalue weighted by molar-refractivity contribution is 0.769. The maximum Gasteiger partial charge on any atom is 0.130 e. The molecule has 2 aromatic rings. The fraction of sp³-hybridized carbons (Fsp3) is 0.300. The Labute approximate surface area is 96.5 Å². The zero-order valence-corrected chi connectivity index (χ0v) is 10.2. The summed E-state index contributed by atoms with van der Waals surface area (Å²) in [5.41, 5.74) is 1.73. The van der Waals surface area contributed by atoms with Crippen molar-refractivity contribution in [2.75, 3.05) is 0 Å². The van der Waals surface area contributed by atoms with Crippen LogP contribution in [0, 0.1) is 0 Å². The van der Waals surface area contributed by atoms with Gasteiger partial charge in [0.05, 0.1) is 5.69 Å². The molecule has 0 aliphatic carbocycles. The van der Waals surface area contributed by atoms with E-state index in [4.69, 9.17) is 0 Å². The van der Waals surface area contributed by atoms with E-state index in [0.717, 1.165) is 28.2 Å². The fourth-order valence-electron chi connectivity index (χ4n) is 1.31. The van der Waals surface area contributed by atoms with Gasteiger partial charge in [0, 0.05) is 19.7 Å². The van der Waals surface area contributed by atoms with Crippen molar-refractivity contribution in [3.63, 3.8) is 0 Å². The summed E-state index contributed by atoms with van der Waals surface area (Å²) in [6, 6.07) is 3.82. The predicted octanol–water partition coefficient (Wildman–Crippen LogP) is 2.20. The highest BCUT2D eigenvalue weighted by Gasteiger charge is 2.06. The maximum absolute atomic E-state index is 4.42. The summed E-state index contributed by atoms with van der Waals surface area (Å²) < 4.78 is 2.56. The molecule has 0 radical (unpaired) electrons. The molecular weight excluding hydrogens is 256 g/mol. The molecule has 0 unspecified atom stereocenters. The second-order valence-corrected chi connectivity index (χ2v) is 4.03. The molecule has 0 saturated heterocycles. The third kappa shape index (κ3) is 2.23. The van der Waals surface area contributed by atoms with Crippen LogP contribution in [0.4, 0.5) is 0 Å². The first-order chi connectivity index (χ1) is 7.19. The van der Waals surface area contributed by atoms with Crippen molar-refractivity contribution in [3.8, 4) is 11.4 Å². The van der Waals surface area contributed by atoms with Crippen LogP contribution in [0.5, 0.6) is 0 Å². The molecule has 2 heterocycles. The van der Waals surface area contributed by atoms with Gasteiger partial charge in [-0.2, -0.15) is 5.10 Å². The van der Waals surface area contributed by atoms with Crippen LogP contribution in [0.25, 0.3) is 11.4 Å². The van der Waals surface area contributed by atoms with Crippen LogP contribution in [0.2, 0.25) is 0 Å². The smallest absolute Gasteiger partial charge is 0.130 e. The molecule has 15 heavy (non-hydrogen) atoms. The zero-order valence-electron chi connectivity index (χ0n) is 8.61. The molecule has 0 saturated carbocycles. The summed E-state index contributed by atoms with van der Waals surface area (Å²) in [7, 11) is 1.89. The Morgan fingerprint density at radius 2 is 2.13 bits per heavy atom. The molecule has 0 bridgehead atoms. The average molecular weight is 267 g/mol. The van der Waals surface area contributed by atoms with Crippen molar-refractivity contribution in [1.29, 1.82) is 0 Å². The SMILES string of the molecule is CCc1nc(Br)cc(-c2ccn(C)n2)n1. The minimum Gasteiger partial charge on any atom is -0.275 e. The molecule has 0 fully saturated rings. The lowest BCUT2D eigenvalue weighted by Gasteiger charge is -2.00. The normalized spacial score (nSPS) is 10.6. The average Bonchev–Trinajstić information content (AvgIpc) is 2.64. The number of nitrogens with zero attached hydrogens (tertiary/aromatic N) is 4. The third-order valence-corrected chi connectivity index (χ3v) is 2.44. The van der Waals surface area contributed by atoms with E-state index in [-0.39, 0.29) is 0 Å². The number of rotatable bonds is 2. The van der Waals surface area contributed by atoms with Crippen LogP contribution in [-0.4, -0.2) is 19.7 Å². The van der Waals surface area contributed by atoms with E-state index in [1.54, 1.807) is 4.68 Å². The third-order valence-electron chi connectivity index (χ3n) is 2.03. The quantitative estimate of drug-likeness (QED) is 0.783. The van der Waals surface area contributed by atoms with Crippen molar-refractivity contribution in [3.05, 3.63) is 28.8 Å². The molecule has 2 aromatic heterocycles. The summed E-state index contributed by atoms with van der Waals surface area (Å²) in [5, 5.41) is 4.30. The second-order valence-electron chi connectivity index (χ2n) is 3.22. The number of aryl methyl sites for hydroxylation is 2. The molecule has 0 aliphatic heterocycles. The first-order valence-electron chi connectivity index (χ1n) is 4.72. The molecule has 0 amide bonds. The Kier molecular flexibility index (Phi) is 2.81. The first-order valence-corrected chi connectivity index (χ1v) is 5.52. The highest BCUT2D eigenvalue weighted by molar-refractivity contribution is 9.10. The van der Waals surface area contributed by atoms with Crippen LogP contribution in [0.15, 0.2) is 22.9 Å². The predicted molar refractivity (Wildman–Crippen MR) is 61.3 cm³/mol. The minimum absolute atomic E-state index is 0.801. The Morgan fingerprint density at radius 3 is 2.73 bits per heavy atom. The Hall–Kier alpha value is -1.23. The largest absolute Gasteiger partial charge is 0.275 e. The molecule has 0 aromatic carbocycles. The van der Waals surface area contributed by atoms with E-state index in [2.05, 4.69) is 31.0 Å². The minimum atomic E-state index is 0.801. The van der Waals surface area contributed by atoms with E-state index in [1.165, 1.54) is 0 Å². The second kappa shape index (κ2) is 4.10. The Bertz CT molecular complexity index is 478. The van der Waals surface area contributed by atoms with E-state index >= 15 is 0 Å². The number of halogens is 1. The van der Waals surface area contributed by atoms with Crippen molar-refractivity contribution in [1.82, 2.24) is 19.7 Å². The van der Waals surface area contributed by atoms with E-state index in [0.29, 0.717) is 0 Å². The lowest BCUT2D eigenvalue weighted by Crippen LogP contribution is -1.96. The molecule has 0 spiro atoms. The number of hydrogen-bond acceptors (Lipinski definition) is 3. The molecule has 4 nitrogen and oxygen atoms in total. The van der Waals surface area contributed by atoms with Gasteiger partial charge in [-0.15, -0.1) is 0 Å². The number of aromatic nitrogens is 4. The van der Waals surface area contributed by atoms with Gasteiger partial charge in [-0.05, 0) is 28.1 Å². The van der Waals surface area contributed by atoms with Crippen LogP contribution in [-0.2, 0) is 13.5 Å². The van der Waals surface area contributed by atoms with E-state index in [9.17, 15) is 0 Å². The van der Waals surface area contributed by atoms with Crippen LogP contribution < -0.4 is 0 Å². The molecule has 2 rings (SSSR count). The van der Waals surface area contributed by atoms with Crippen LogP contribution in [0.3, 0.4) is 0 Å². The van der Waals surface area contributed by atoms with Gasteiger partial charge in [0.1, 0.15) is 16.1 Å². The Balaban J connectivity index is 2.48. The summed E-state index contributed by atoms with van der Waals surface area (Å²) in [4.78, 5) is 8.67. The van der Waals surface area contributed by atoms with Gasteiger partial charge >= 0.3 is 0 Å². The van der Waals surface area contributed by atoms with Crippen LogP contribution >= 0.6 is 15.9 Å². The molecule has 5 heteroatoms. The van der Waals surface area contributed by atoms with Crippen molar-refractivity contribution in [2.45, 2.75) is 13.3 Å². The maximum atomic E-state index is 4.42. The summed E-state index contributed by atoms with van der Waals surface area (Å²) in [6.45, 7) is 2.03. The van der Waals surface area contributed by atoms with Gasteiger partial charge in [0.25, 0.3) is 0 Å². The molecule has 78 valence electrons. The van der Waals surface area contributed by atoms with Gasteiger partial charge in [0.2, 0.25) is 0 Å². The van der Waals surface area contributed by atoms with Gasteiger partial charge < -0.3 is 0 Å². The monoisotopic (exact) mass is 266 g/mol.